The Hall–Kier alpha value is -1.94. The summed E-state index contributed by atoms with van der Waals surface area (Å²) in [5, 5.41) is 3.30. The number of para-hydroxylation sites is 1. The molecule has 0 radical (unpaired) electrons. The molecule has 1 aliphatic rings. The smallest absolute Gasteiger partial charge is 0.226 e. The third kappa shape index (κ3) is 1.76. The fraction of sp³-hybridized carbons (Fsp3) is 0. The molecule has 3 N–H and O–H groups in total. The third-order valence-electron chi connectivity index (χ3n) is 2.62. The van der Waals surface area contributed by atoms with Crippen LogP contribution in [0.5, 0.6) is 0 Å². The summed E-state index contributed by atoms with van der Waals surface area (Å²) >= 11 is 1.21. The van der Waals surface area contributed by atoms with E-state index >= 15 is 0 Å². The van der Waals surface area contributed by atoms with Crippen molar-refractivity contribution in [1.29, 1.82) is 0 Å². The van der Waals surface area contributed by atoms with E-state index in [0.717, 1.165) is 16.3 Å². The SMILES string of the molecule is Nc1ccc2c(c1)SC(=O)c1ccccc1N2. The monoisotopic (exact) mass is 242 g/mol. The quantitative estimate of drug-likeness (QED) is 0.696. The van der Waals surface area contributed by atoms with E-state index in [-0.39, 0.29) is 5.12 Å². The van der Waals surface area contributed by atoms with Gasteiger partial charge in [0.15, 0.2) is 0 Å². The second-order valence-electron chi connectivity index (χ2n) is 3.82. The summed E-state index contributed by atoms with van der Waals surface area (Å²) in [5.74, 6) is 0. The van der Waals surface area contributed by atoms with Gasteiger partial charge in [0, 0.05) is 10.6 Å². The van der Waals surface area contributed by atoms with Crippen molar-refractivity contribution in [1.82, 2.24) is 0 Å². The van der Waals surface area contributed by atoms with Crippen LogP contribution in [-0.2, 0) is 0 Å². The molecule has 0 unspecified atom stereocenters. The van der Waals surface area contributed by atoms with E-state index in [9.17, 15) is 4.79 Å². The van der Waals surface area contributed by atoms with Crippen molar-refractivity contribution in [3.05, 3.63) is 48.0 Å². The molecule has 0 spiro atoms. The standard InChI is InChI=1S/C13H10N2OS/c14-8-5-6-11-12(7-8)17-13(16)9-3-1-2-4-10(9)15-11/h1-7,15H,14H2. The molecule has 3 rings (SSSR count). The zero-order valence-corrected chi connectivity index (χ0v) is 9.75. The summed E-state index contributed by atoms with van der Waals surface area (Å²) < 4.78 is 0. The highest BCUT2D eigenvalue weighted by Crippen LogP contribution is 2.38. The Labute approximate surface area is 103 Å². The number of anilines is 3. The van der Waals surface area contributed by atoms with Crippen LogP contribution in [-0.4, -0.2) is 5.12 Å². The van der Waals surface area contributed by atoms with Gasteiger partial charge in [0.1, 0.15) is 0 Å². The van der Waals surface area contributed by atoms with Crippen LogP contribution in [0.4, 0.5) is 17.1 Å². The number of fused-ring (bicyclic) bond motifs is 2. The van der Waals surface area contributed by atoms with Gasteiger partial charge >= 0.3 is 0 Å². The molecule has 2 aromatic carbocycles. The zero-order valence-electron chi connectivity index (χ0n) is 8.94. The van der Waals surface area contributed by atoms with E-state index in [1.54, 1.807) is 0 Å². The Balaban J connectivity index is 2.17. The average molecular weight is 242 g/mol. The van der Waals surface area contributed by atoms with E-state index < -0.39 is 0 Å². The highest BCUT2D eigenvalue weighted by atomic mass is 32.2. The second-order valence-corrected chi connectivity index (χ2v) is 4.83. The lowest BCUT2D eigenvalue weighted by atomic mass is 10.2. The Bertz CT molecular complexity index is 610. The molecule has 17 heavy (non-hydrogen) atoms. The Morgan fingerprint density at radius 1 is 1.06 bits per heavy atom. The van der Waals surface area contributed by atoms with Gasteiger partial charge < -0.3 is 11.1 Å². The van der Waals surface area contributed by atoms with E-state index in [2.05, 4.69) is 5.32 Å². The first-order valence-corrected chi connectivity index (χ1v) is 6.03. The molecule has 0 saturated heterocycles. The number of benzene rings is 2. The van der Waals surface area contributed by atoms with Crippen LogP contribution in [0.1, 0.15) is 10.4 Å². The van der Waals surface area contributed by atoms with Crippen molar-refractivity contribution in [3.8, 4) is 0 Å². The number of thioether (sulfide) groups is 1. The maximum absolute atomic E-state index is 12.1. The molecular formula is C13H10N2OS. The summed E-state index contributed by atoms with van der Waals surface area (Å²) in [6.45, 7) is 0. The molecule has 84 valence electrons. The van der Waals surface area contributed by atoms with Gasteiger partial charge in [-0.1, -0.05) is 12.1 Å². The molecule has 0 fully saturated rings. The van der Waals surface area contributed by atoms with Gasteiger partial charge in [-0.15, -0.1) is 0 Å². The van der Waals surface area contributed by atoms with Crippen molar-refractivity contribution in [2.75, 3.05) is 11.1 Å². The van der Waals surface area contributed by atoms with Gasteiger partial charge in [0.05, 0.1) is 16.9 Å². The van der Waals surface area contributed by atoms with Crippen LogP contribution in [0.2, 0.25) is 0 Å². The van der Waals surface area contributed by atoms with Crippen LogP contribution in [0, 0.1) is 0 Å². The summed E-state index contributed by atoms with van der Waals surface area (Å²) in [6, 6.07) is 13.0. The van der Waals surface area contributed by atoms with Crippen molar-refractivity contribution < 1.29 is 4.79 Å². The minimum absolute atomic E-state index is 0.0393. The molecular weight excluding hydrogens is 232 g/mol. The topological polar surface area (TPSA) is 55.1 Å². The number of hydrogen-bond donors (Lipinski definition) is 2. The van der Waals surface area contributed by atoms with E-state index in [1.165, 1.54) is 11.8 Å². The molecule has 3 nitrogen and oxygen atoms in total. The van der Waals surface area contributed by atoms with Crippen LogP contribution < -0.4 is 11.1 Å². The number of carbonyl (C=O) groups is 1. The van der Waals surface area contributed by atoms with Crippen LogP contribution in [0.15, 0.2) is 47.4 Å². The summed E-state index contributed by atoms with van der Waals surface area (Å²) in [7, 11) is 0. The molecule has 0 bridgehead atoms. The summed E-state index contributed by atoms with van der Waals surface area (Å²) in [6.07, 6.45) is 0. The molecule has 2 aromatic rings. The zero-order chi connectivity index (χ0) is 11.8. The molecule has 0 aliphatic carbocycles. The van der Waals surface area contributed by atoms with Gasteiger partial charge in [-0.3, -0.25) is 4.79 Å². The van der Waals surface area contributed by atoms with E-state index in [1.807, 2.05) is 42.5 Å². The maximum Gasteiger partial charge on any atom is 0.226 e. The van der Waals surface area contributed by atoms with Crippen LogP contribution in [0.25, 0.3) is 0 Å². The lowest BCUT2D eigenvalue weighted by molar-refractivity contribution is 0.109. The molecule has 0 atom stereocenters. The first kappa shape index (κ1) is 10.2. The predicted molar refractivity (Wildman–Crippen MR) is 70.8 cm³/mol. The number of nitrogen functional groups attached to an aromatic ring is 1. The van der Waals surface area contributed by atoms with Crippen LogP contribution in [0.3, 0.4) is 0 Å². The van der Waals surface area contributed by atoms with Gasteiger partial charge in [0.25, 0.3) is 0 Å². The van der Waals surface area contributed by atoms with E-state index in [4.69, 9.17) is 5.73 Å². The molecule has 1 heterocycles. The highest BCUT2D eigenvalue weighted by Gasteiger charge is 2.19. The molecule has 0 amide bonds. The molecule has 0 aromatic heterocycles. The molecule has 0 saturated carbocycles. The number of rotatable bonds is 0. The maximum atomic E-state index is 12.1. The Kier molecular flexibility index (Phi) is 2.30. The lowest BCUT2D eigenvalue weighted by Crippen LogP contribution is -1.95. The highest BCUT2D eigenvalue weighted by molar-refractivity contribution is 8.14. The predicted octanol–water partition coefficient (Wildman–Crippen LogP) is 3.26. The first-order chi connectivity index (χ1) is 8.24. The third-order valence-corrected chi connectivity index (χ3v) is 3.59. The number of carbonyl (C=O) groups excluding carboxylic acids is 1. The van der Waals surface area contributed by atoms with Gasteiger partial charge in [-0.05, 0) is 42.1 Å². The lowest BCUT2D eigenvalue weighted by Gasteiger charge is -2.08. The average Bonchev–Trinajstić information content (AvgIpc) is 2.46. The fourth-order valence-electron chi connectivity index (χ4n) is 1.80. The largest absolute Gasteiger partial charge is 0.399 e. The van der Waals surface area contributed by atoms with Crippen molar-refractivity contribution in [3.63, 3.8) is 0 Å². The number of nitrogens with one attached hydrogen (secondary N) is 1. The minimum atomic E-state index is 0.0393. The van der Waals surface area contributed by atoms with Crippen molar-refractivity contribution in [2.45, 2.75) is 4.90 Å². The van der Waals surface area contributed by atoms with Gasteiger partial charge in [-0.2, -0.15) is 0 Å². The second kappa shape index (κ2) is 3.82. The van der Waals surface area contributed by atoms with Crippen molar-refractivity contribution >= 4 is 33.9 Å². The van der Waals surface area contributed by atoms with Gasteiger partial charge in [-0.25, -0.2) is 0 Å². The normalized spacial score (nSPS) is 13.3. The van der Waals surface area contributed by atoms with E-state index in [0.29, 0.717) is 11.3 Å². The minimum Gasteiger partial charge on any atom is -0.399 e. The molecule has 1 aliphatic heterocycles. The number of hydrogen-bond acceptors (Lipinski definition) is 4. The van der Waals surface area contributed by atoms with Crippen LogP contribution >= 0.6 is 11.8 Å². The van der Waals surface area contributed by atoms with Crippen molar-refractivity contribution in [2.24, 2.45) is 0 Å². The Morgan fingerprint density at radius 2 is 1.88 bits per heavy atom. The summed E-state index contributed by atoms with van der Waals surface area (Å²) in [5.41, 5.74) is 8.86. The first-order valence-electron chi connectivity index (χ1n) is 5.22. The number of nitrogens with two attached hydrogens (primary N) is 1. The summed E-state index contributed by atoms with van der Waals surface area (Å²) in [4.78, 5) is 12.9. The fourth-order valence-corrected chi connectivity index (χ4v) is 2.71. The Morgan fingerprint density at radius 3 is 2.76 bits per heavy atom. The van der Waals surface area contributed by atoms with Gasteiger partial charge in [0.2, 0.25) is 5.12 Å². The molecule has 4 heteroatoms.